The minimum atomic E-state index is -3.99. The Bertz CT molecular complexity index is 1010. The molecule has 0 radical (unpaired) electrons. The maximum absolute atomic E-state index is 11.8. The second kappa shape index (κ2) is 9.88. The molecule has 2 unspecified atom stereocenters. The van der Waals surface area contributed by atoms with Crippen LogP contribution in [-0.4, -0.2) is 62.6 Å². The number of sulfonamides is 1. The summed E-state index contributed by atoms with van der Waals surface area (Å²) in [5, 5.41) is 18.7. The highest BCUT2D eigenvalue weighted by molar-refractivity contribution is 7.89. The number of aliphatic hydroxyl groups excluding tert-OH is 1. The number of carbonyl (C=O) groups excluding carboxylic acids is 1. The minimum absolute atomic E-state index is 0.00827. The quantitative estimate of drug-likeness (QED) is 0.458. The van der Waals surface area contributed by atoms with Crippen LogP contribution in [0.25, 0.3) is 0 Å². The Hall–Kier alpha value is -2.30. The number of hydrogen-bond acceptors (Lipinski definition) is 7. The van der Waals surface area contributed by atoms with Crippen molar-refractivity contribution >= 4 is 16.3 Å². The molecular formula is C22H29N3O5S. The van der Waals surface area contributed by atoms with Crippen molar-refractivity contribution in [1.82, 2.24) is 10.2 Å². The molecule has 1 aliphatic heterocycles. The molecule has 168 valence electrons. The van der Waals surface area contributed by atoms with Gasteiger partial charge in [0, 0.05) is 32.7 Å². The Labute approximate surface area is 183 Å². The van der Waals surface area contributed by atoms with Gasteiger partial charge in [-0.15, -0.1) is 0 Å². The van der Waals surface area contributed by atoms with Gasteiger partial charge in [0.15, 0.2) is 11.9 Å². The van der Waals surface area contributed by atoms with Gasteiger partial charge in [0.2, 0.25) is 10.0 Å². The number of nitrogens with one attached hydrogen (secondary N) is 1. The number of primary sulfonamides is 1. The van der Waals surface area contributed by atoms with Crippen LogP contribution in [0, 0.1) is 0 Å². The van der Waals surface area contributed by atoms with E-state index in [1.165, 1.54) is 29.3 Å². The monoisotopic (exact) mass is 447 g/mol. The molecule has 0 spiro atoms. The number of carbonyl (C=O) groups is 1. The van der Waals surface area contributed by atoms with Crippen molar-refractivity contribution in [1.29, 1.82) is 0 Å². The van der Waals surface area contributed by atoms with Crippen molar-refractivity contribution in [2.45, 2.75) is 36.5 Å². The number of ether oxygens (including phenoxy) is 1. The largest absolute Gasteiger partial charge is 0.477 e. The first kappa shape index (κ1) is 23.4. The van der Waals surface area contributed by atoms with Gasteiger partial charge in [0.05, 0.1) is 6.10 Å². The molecule has 0 aromatic heterocycles. The van der Waals surface area contributed by atoms with Gasteiger partial charge in [-0.2, -0.15) is 0 Å². The lowest BCUT2D eigenvalue weighted by molar-refractivity contribution is -0.120. The van der Waals surface area contributed by atoms with Crippen LogP contribution in [0.2, 0.25) is 0 Å². The number of benzene rings is 2. The number of aldehydes is 1. The molecule has 0 aliphatic carbocycles. The average molecular weight is 448 g/mol. The van der Waals surface area contributed by atoms with E-state index >= 15 is 0 Å². The Morgan fingerprint density at radius 2 is 1.90 bits per heavy atom. The predicted octanol–water partition coefficient (Wildman–Crippen LogP) is 0.679. The van der Waals surface area contributed by atoms with Crippen LogP contribution in [0.1, 0.15) is 18.1 Å². The fourth-order valence-electron chi connectivity index (χ4n) is 3.68. The van der Waals surface area contributed by atoms with Gasteiger partial charge in [0.1, 0.15) is 10.6 Å². The zero-order valence-electron chi connectivity index (χ0n) is 17.5. The molecule has 0 fully saturated rings. The normalized spacial score (nSPS) is 17.4. The summed E-state index contributed by atoms with van der Waals surface area (Å²) >= 11 is 0. The number of aliphatic hydroxyl groups is 1. The van der Waals surface area contributed by atoms with Gasteiger partial charge in [-0.1, -0.05) is 36.4 Å². The average Bonchev–Trinajstić information content (AvgIpc) is 2.73. The highest BCUT2D eigenvalue weighted by atomic mass is 32.2. The first-order chi connectivity index (χ1) is 14.7. The van der Waals surface area contributed by atoms with Crippen molar-refractivity contribution < 1.29 is 23.1 Å². The van der Waals surface area contributed by atoms with E-state index in [0.29, 0.717) is 12.8 Å². The molecule has 9 heteroatoms. The fraction of sp³-hybridized carbons (Fsp3) is 0.409. The number of rotatable bonds is 10. The zero-order valence-corrected chi connectivity index (χ0v) is 18.3. The second-order valence-electron chi connectivity index (χ2n) is 8.06. The molecule has 31 heavy (non-hydrogen) atoms. The van der Waals surface area contributed by atoms with E-state index in [1.54, 1.807) is 13.0 Å². The molecule has 2 atom stereocenters. The van der Waals surface area contributed by atoms with Gasteiger partial charge in [-0.25, -0.2) is 13.6 Å². The molecular weight excluding hydrogens is 418 g/mol. The van der Waals surface area contributed by atoms with Crippen molar-refractivity contribution in [3.05, 3.63) is 59.7 Å². The molecule has 0 saturated heterocycles. The van der Waals surface area contributed by atoms with Gasteiger partial charge in [-0.05, 0) is 36.6 Å². The number of β-amino-alcohol motifs (C(OH)–C–C–N with tert-alkyl or cyclic N) is 1. The molecule has 1 heterocycles. The number of hydrogen-bond donors (Lipinski definition) is 3. The van der Waals surface area contributed by atoms with Crippen LogP contribution < -0.4 is 15.2 Å². The highest BCUT2D eigenvalue weighted by Gasteiger charge is 2.29. The van der Waals surface area contributed by atoms with Gasteiger partial charge in [-0.3, -0.25) is 9.69 Å². The molecule has 2 aromatic carbocycles. The van der Waals surface area contributed by atoms with Crippen LogP contribution in [-0.2, 0) is 27.8 Å². The predicted molar refractivity (Wildman–Crippen MR) is 117 cm³/mol. The van der Waals surface area contributed by atoms with Gasteiger partial charge < -0.3 is 15.2 Å². The Balaban J connectivity index is 1.52. The summed E-state index contributed by atoms with van der Waals surface area (Å²) in [7, 11) is -3.99. The van der Waals surface area contributed by atoms with Crippen molar-refractivity contribution in [2.75, 3.05) is 26.2 Å². The third kappa shape index (κ3) is 6.34. The molecule has 0 saturated carbocycles. The van der Waals surface area contributed by atoms with Gasteiger partial charge >= 0.3 is 0 Å². The molecule has 0 bridgehead atoms. The SMILES string of the molecule is CC(C=O)(CNCC(O)CN1CCc2ccccc2C1)Oc1ccccc1S(N)(=O)=O. The number of nitrogens with two attached hydrogens (primary N) is 1. The van der Waals surface area contributed by atoms with E-state index in [4.69, 9.17) is 9.88 Å². The van der Waals surface area contributed by atoms with E-state index in [9.17, 15) is 18.3 Å². The lowest BCUT2D eigenvalue weighted by atomic mass is 10.00. The molecule has 8 nitrogen and oxygen atoms in total. The highest BCUT2D eigenvalue weighted by Crippen LogP contribution is 2.25. The number of fused-ring (bicyclic) bond motifs is 1. The first-order valence-electron chi connectivity index (χ1n) is 10.2. The van der Waals surface area contributed by atoms with Crippen LogP contribution in [0.5, 0.6) is 5.75 Å². The van der Waals surface area contributed by atoms with Crippen molar-refractivity contribution in [3.8, 4) is 5.75 Å². The van der Waals surface area contributed by atoms with E-state index in [-0.39, 0.29) is 23.7 Å². The smallest absolute Gasteiger partial charge is 0.241 e. The van der Waals surface area contributed by atoms with Crippen molar-refractivity contribution in [3.63, 3.8) is 0 Å². The lowest BCUT2D eigenvalue weighted by Crippen LogP contribution is -2.48. The van der Waals surface area contributed by atoms with E-state index in [1.807, 2.05) is 12.1 Å². The topological polar surface area (TPSA) is 122 Å². The summed E-state index contributed by atoms with van der Waals surface area (Å²) in [5.74, 6) is 0.00827. The third-order valence-electron chi connectivity index (χ3n) is 5.28. The summed E-state index contributed by atoms with van der Waals surface area (Å²) < 4.78 is 29.2. The molecule has 4 N–H and O–H groups in total. The van der Waals surface area contributed by atoms with E-state index in [0.717, 1.165) is 19.5 Å². The molecule has 3 rings (SSSR count). The second-order valence-corrected chi connectivity index (χ2v) is 9.59. The van der Waals surface area contributed by atoms with Crippen molar-refractivity contribution in [2.24, 2.45) is 5.14 Å². The van der Waals surface area contributed by atoms with Crippen LogP contribution in [0.4, 0.5) is 0 Å². The van der Waals surface area contributed by atoms with E-state index < -0.39 is 21.7 Å². The fourth-order valence-corrected chi connectivity index (χ4v) is 4.34. The first-order valence-corrected chi connectivity index (χ1v) is 11.7. The Morgan fingerprint density at radius 1 is 1.23 bits per heavy atom. The Kier molecular flexibility index (Phi) is 7.45. The maximum atomic E-state index is 11.8. The summed E-state index contributed by atoms with van der Waals surface area (Å²) in [6.45, 7) is 4.09. The van der Waals surface area contributed by atoms with Crippen LogP contribution >= 0.6 is 0 Å². The summed E-state index contributed by atoms with van der Waals surface area (Å²) in [5.41, 5.74) is 1.30. The van der Waals surface area contributed by atoms with Crippen LogP contribution in [0.15, 0.2) is 53.4 Å². The summed E-state index contributed by atoms with van der Waals surface area (Å²) in [6, 6.07) is 14.2. The Morgan fingerprint density at radius 3 is 2.61 bits per heavy atom. The number of para-hydroxylation sites is 1. The van der Waals surface area contributed by atoms with Gasteiger partial charge in [0.25, 0.3) is 0 Å². The summed E-state index contributed by atoms with van der Waals surface area (Å²) in [6.07, 6.45) is 0.933. The minimum Gasteiger partial charge on any atom is -0.477 e. The molecule has 1 aliphatic rings. The zero-order chi connectivity index (χ0) is 22.5. The standard InChI is InChI=1S/C22H29N3O5S/c1-22(16-26,30-20-8-4-5-9-21(20)31(23,28)29)15-24-12-19(27)14-25-11-10-17-6-2-3-7-18(17)13-25/h2-9,16,19,24,27H,10-15H2,1H3,(H2,23,28,29). The third-order valence-corrected chi connectivity index (χ3v) is 6.23. The van der Waals surface area contributed by atoms with Crippen LogP contribution in [0.3, 0.4) is 0 Å². The summed E-state index contributed by atoms with van der Waals surface area (Å²) in [4.78, 5) is 13.7. The number of nitrogens with zero attached hydrogens (tertiary/aromatic N) is 1. The lowest BCUT2D eigenvalue weighted by Gasteiger charge is -2.31. The van der Waals surface area contributed by atoms with E-state index in [2.05, 4.69) is 22.3 Å². The maximum Gasteiger partial charge on any atom is 0.241 e. The molecule has 0 amide bonds. The molecule has 2 aromatic rings.